The quantitative estimate of drug-likeness (QED) is 0.467. The minimum atomic E-state index is -1.50. The van der Waals surface area contributed by atoms with Crippen LogP contribution in [0.2, 0.25) is 0 Å². The van der Waals surface area contributed by atoms with Gasteiger partial charge in [-0.25, -0.2) is 0 Å². The van der Waals surface area contributed by atoms with Crippen LogP contribution in [0, 0.1) is 23.7 Å². The summed E-state index contributed by atoms with van der Waals surface area (Å²) >= 11 is 0. The summed E-state index contributed by atoms with van der Waals surface area (Å²) in [6, 6.07) is 9.71. The van der Waals surface area contributed by atoms with E-state index in [0.29, 0.717) is 18.8 Å². The summed E-state index contributed by atoms with van der Waals surface area (Å²) in [5.74, 6) is 0.936. The van der Waals surface area contributed by atoms with Crippen molar-refractivity contribution in [2.75, 3.05) is 13.2 Å². The molecule has 0 aliphatic carbocycles. The first kappa shape index (κ1) is 27.3. The van der Waals surface area contributed by atoms with E-state index in [0.717, 1.165) is 18.4 Å². The Hall–Kier alpha value is -1.89. The predicted octanol–water partition coefficient (Wildman–Crippen LogP) is 4.19. The van der Waals surface area contributed by atoms with Crippen molar-refractivity contribution in [1.82, 2.24) is 0 Å². The molecule has 1 aliphatic rings. The Labute approximate surface area is 164 Å². The van der Waals surface area contributed by atoms with Crippen molar-refractivity contribution in [3.8, 4) is 18.4 Å². The van der Waals surface area contributed by atoms with E-state index in [1.807, 2.05) is 45.9 Å². The highest BCUT2D eigenvalue weighted by Gasteiger charge is 2.26. The molecule has 1 heterocycles. The van der Waals surface area contributed by atoms with Gasteiger partial charge in [0, 0.05) is 0 Å². The molecule has 1 saturated heterocycles. The lowest BCUT2D eigenvalue weighted by Gasteiger charge is -2.13. The van der Waals surface area contributed by atoms with Crippen LogP contribution in [-0.2, 0) is 9.47 Å². The molecule has 2 unspecified atom stereocenters. The number of nitriles is 1. The average Bonchev–Trinajstić information content (AvgIpc) is 3.13. The number of ether oxygens (including phenoxy) is 2. The molecule has 0 aromatic heterocycles. The maximum Gasteiger partial charge on any atom is 0.156 e. The van der Waals surface area contributed by atoms with Gasteiger partial charge in [-0.05, 0) is 44.4 Å². The van der Waals surface area contributed by atoms with Gasteiger partial charge in [0.25, 0.3) is 0 Å². The van der Waals surface area contributed by atoms with Gasteiger partial charge in [-0.15, -0.1) is 6.42 Å². The predicted molar refractivity (Wildman–Crippen MR) is 109 cm³/mol. The molecule has 1 aliphatic heterocycles. The molecule has 2 N–H and O–H groups in total. The largest absolute Gasteiger partial charge is 0.368 e. The number of hydrogen-bond donors (Lipinski definition) is 2. The second-order valence-corrected chi connectivity index (χ2v) is 5.78. The standard InChI is InChI=1S/C15H15NO2.C3H8O2.2C2H6/c1-2-8-17-11-14-6-7-15(18-14)13-5-3-4-12(9-13)10-16;1-3(2,4)5;2*1-2/h1,3-5,9,14-15H,6-8,11H2;4-5H,1-2H3;2*1-2H3. The van der Waals surface area contributed by atoms with Crippen LogP contribution in [0.25, 0.3) is 0 Å². The van der Waals surface area contributed by atoms with Crippen molar-refractivity contribution < 1.29 is 19.7 Å². The number of terminal acetylenes is 1. The molecule has 1 fully saturated rings. The van der Waals surface area contributed by atoms with E-state index in [1.54, 1.807) is 6.07 Å². The summed E-state index contributed by atoms with van der Waals surface area (Å²) in [4.78, 5) is 0. The first-order valence-corrected chi connectivity index (χ1v) is 9.45. The van der Waals surface area contributed by atoms with E-state index in [9.17, 15) is 0 Å². The zero-order valence-electron chi connectivity index (χ0n) is 17.5. The summed E-state index contributed by atoms with van der Waals surface area (Å²) in [6.45, 7) is 11.5. The van der Waals surface area contributed by atoms with Crippen LogP contribution >= 0.6 is 0 Å². The van der Waals surface area contributed by atoms with Gasteiger partial charge in [-0.2, -0.15) is 5.26 Å². The first-order valence-electron chi connectivity index (χ1n) is 9.45. The molecule has 0 radical (unpaired) electrons. The Morgan fingerprint density at radius 1 is 1.22 bits per heavy atom. The highest BCUT2D eigenvalue weighted by molar-refractivity contribution is 5.34. The summed E-state index contributed by atoms with van der Waals surface area (Å²) < 4.78 is 11.2. The molecule has 5 heteroatoms. The molecule has 2 atom stereocenters. The van der Waals surface area contributed by atoms with Crippen molar-refractivity contribution in [3.63, 3.8) is 0 Å². The van der Waals surface area contributed by atoms with Gasteiger partial charge < -0.3 is 19.7 Å². The fourth-order valence-corrected chi connectivity index (χ4v) is 2.13. The zero-order valence-corrected chi connectivity index (χ0v) is 17.5. The highest BCUT2D eigenvalue weighted by atomic mass is 16.5. The Bertz CT molecular complexity index is 561. The minimum absolute atomic E-state index is 0.0673. The number of aliphatic hydroxyl groups is 2. The van der Waals surface area contributed by atoms with Gasteiger partial charge in [0.05, 0.1) is 30.4 Å². The number of nitrogens with zero attached hydrogens (tertiary/aromatic N) is 1. The lowest BCUT2D eigenvalue weighted by Crippen LogP contribution is -2.15. The van der Waals surface area contributed by atoms with Crippen molar-refractivity contribution in [2.24, 2.45) is 0 Å². The van der Waals surface area contributed by atoms with E-state index in [-0.39, 0.29) is 12.2 Å². The summed E-state index contributed by atoms with van der Waals surface area (Å²) in [5, 5.41) is 25.0. The zero-order chi connectivity index (χ0) is 21.3. The molecular weight excluding hydrogens is 342 g/mol. The Morgan fingerprint density at radius 2 is 1.81 bits per heavy atom. The lowest BCUT2D eigenvalue weighted by atomic mass is 10.0. The molecule has 0 saturated carbocycles. The molecule has 152 valence electrons. The first-order chi connectivity index (χ1) is 12.8. The summed E-state index contributed by atoms with van der Waals surface area (Å²) in [5.41, 5.74) is 1.73. The van der Waals surface area contributed by atoms with Gasteiger partial charge >= 0.3 is 0 Å². The average molecular weight is 378 g/mol. The van der Waals surface area contributed by atoms with Crippen LogP contribution in [-0.4, -0.2) is 35.3 Å². The topological polar surface area (TPSA) is 82.7 Å². The van der Waals surface area contributed by atoms with Crippen LogP contribution < -0.4 is 0 Å². The van der Waals surface area contributed by atoms with Gasteiger partial charge in [-0.3, -0.25) is 0 Å². The molecule has 0 amide bonds. The Morgan fingerprint density at radius 3 is 2.33 bits per heavy atom. The van der Waals surface area contributed by atoms with Gasteiger partial charge in [-0.1, -0.05) is 45.7 Å². The molecule has 5 nitrogen and oxygen atoms in total. The third kappa shape index (κ3) is 14.9. The molecule has 2 rings (SSSR count). The van der Waals surface area contributed by atoms with Crippen LogP contribution in [0.15, 0.2) is 24.3 Å². The van der Waals surface area contributed by atoms with E-state index in [1.165, 1.54) is 13.8 Å². The smallest absolute Gasteiger partial charge is 0.156 e. The third-order valence-corrected chi connectivity index (χ3v) is 2.98. The molecule has 1 aromatic rings. The second-order valence-electron chi connectivity index (χ2n) is 5.78. The van der Waals surface area contributed by atoms with E-state index >= 15 is 0 Å². The van der Waals surface area contributed by atoms with E-state index < -0.39 is 5.79 Å². The maximum atomic E-state index is 8.87. The van der Waals surface area contributed by atoms with Crippen molar-refractivity contribution in [1.29, 1.82) is 5.26 Å². The fourth-order valence-electron chi connectivity index (χ4n) is 2.13. The van der Waals surface area contributed by atoms with Crippen LogP contribution in [0.1, 0.15) is 71.6 Å². The molecular formula is C22H35NO4. The minimum Gasteiger partial charge on any atom is -0.368 e. The number of hydrogen-bond acceptors (Lipinski definition) is 5. The van der Waals surface area contributed by atoms with Gasteiger partial charge in [0.15, 0.2) is 5.79 Å². The van der Waals surface area contributed by atoms with Crippen molar-refractivity contribution in [3.05, 3.63) is 35.4 Å². The van der Waals surface area contributed by atoms with Crippen molar-refractivity contribution in [2.45, 2.75) is 72.4 Å². The fraction of sp³-hybridized carbons (Fsp3) is 0.591. The summed E-state index contributed by atoms with van der Waals surface area (Å²) in [7, 11) is 0. The van der Waals surface area contributed by atoms with Gasteiger partial charge in [0.1, 0.15) is 6.61 Å². The van der Waals surface area contributed by atoms with E-state index in [4.69, 9.17) is 31.4 Å². The monoisotopic (exact) mass is 377 g/mol. The molecule has 27 heavy (non-hydrogen) atoms. The Balaban J connectivity index is 0. The lowest BCUT2D eigenvalue weighted by molar-refractivity contribution is -0.127. The van der Waals surface area contributed by atoms with Gasteiger partial charge in [0.2, 0.25) is 0 Å². The maximum absolute atomic E-state index is 8.87. The van der Waals surface area contributed by atoms with Crippen LogP contribution in [0.5, 0.6) is 0 Å². The third-order valence-electron chi connectivity index (χ3n) is 2.98. The second kappa shape index (κ2) is 16.3. The Kier molecular flexibility index (Phi) is 16.5. The molecule has 0 spiro atoms. The van der Waals surface area contributed by atoms with Crippen LogP contribution in [0.3, 0.4) is 0 Å². The molecule has 1 aromatic carbocycles. The summed E-state index contributed by atoms with van der Waals surface area (Å²) in [6.07, 6.45) is 7.21. The van der Waals surface area contributed by atoms with Crippen LogP contribution in [0.4, 0.5) is 0 Å². The SMILES string of the molecule is C#CCOCC1CCC(c2cccc(C#N)c2)O1.CC.CC.CC(C)(O)O. The number of rotatable bonds is 4. The highest BCUT2D eigenvalue weighted by Crippen LogP contribution is 2.33. The normalized spacial score (nSPS) is 17.6. The van der Waals surface area contributed by atoms with E-state index in [2.05, 4.69) is 12.0 Å². The van der Waals surface area contributed by atoms with Crippen molar-refractivity contribution >= 4 is 0 Å². The number of benzene rings is 1. The molecule has 0 bridgehead atoms.